The number of carboxylic acids is 1. The number of carbonyl (C=O) groups is 1. The number of ether oxygens (including phenoxy) is 1. The summed E-state index contributed by atoms with van der Waals surface area (Å²) in [5, 5.41) is 19.4. The second-order valence-corrected chi connectivity index (χ2v) is 4.98. The first-order valence-corrected chi connectivity index (χ1v) is 6.65. The summed E-state index contributed by atoms with van der Waals surface area (Å²) >= 11 is 0. The molecular formula is C17H18O4. The van der Waals surface area contributed by atoms with Gasteiger partial charge in [0.25, 0.3) is 0 Å². The molecule has 0 amide bonds. The molecular weight excluding hydrogens is 268 g/mol. The fraction of sp³-hybridized carbons (Fsp3) is 0.235. The van der Waals surface area contributed by atoms with Gasteiger partial charge in [0.1, 0.15) is 11.7 Å². The zero-order valence-electron chi connectivity index (χ0n) is 11.8. The lowest BCUT2D eigenvalue weighted by molar-refractivity contribution is -0.131. The normalized spacial score (nSPS) is 25.0. The van der Waals surface area contributed by atoms with Crippen LogP contribution in [0.15, 0.2) is 66.3 Å². The van der Waals surface area contributed by atoms with Crippen molar-refractivity contribution in [2.24, 2.45) is 0 Å². The summed E-state index contributed by atoms with van der Waals surface area (Å²) in [4.78, 5) is 10.5. The molecule has 0 radical (unpaired) electrons. The van der Waals surface area contributed by atoms with Gasteiger partial charge in [-0.15, -0.1) is 0 Å². The quantitative estimate of drug-likeness (QED) is 0.814. The molecule has 1 aliphatic rings. The van der Waals surface area contributed by atoms with Crippen LogP contribution in [-0.4, -0.2) is 35.0 Å². The molecule has 0 aliphatic heterocycles. The summed E-state index contributed by atoms with van der Waals surface area (Å²) in [7, 11) is 1.52. The monoisotopic (exact) mass is 286 g/mol. The van der Waals surface area contributed by atoms with Crippen molar-refractivity contribution in [3.8, 4) is 0 Å². The van der Waals surface area contributed by atoms with Crippen LogP contribution in [0.1, 0.15) is 5.56 Å². The van der Waals surface area contributed by atoms with E-state index in [2.05, 4.69) is 0 Å². The molecule has 110 valence electrons. The van der Waals surface area contributed by atoms with Crippen LogP contribution in [0.4, 0.5) is 0 Å². The van der Waals surface area contributed by atoms with Gasteiger partial charge in [-0.2, -0.15) is 0 Å². The fourth-order valence-electron chi connectivity index (χ4n) is 2.34. The summed E-state index contributed by atoms with van der Waals surface area (Å²) < 4.78 is 5.36. The van der Waals surface area contributed by atoms with E-state index in [0.29, 0.717) is 12.0 Å². The standard InChI is InChI=1S/C17H18O4/c1-21-15-11-13(7-8-16(18)19)9-10-17(15,20)12-14-5-3-2-4-6-14/h2-11,15,20H,12H2,1H3,(H,18,19)/b8-7+. The zero-order chi connectivity index (χ0) is 15.3. The van der Waals surface area contributed by atoms with E-state index in [1.807, 2.05) is 30.3 Å². The van der Waals surface area contributed by atoms with Gasteiger partial charge in [-0.05, 0) is 29.4 Å². The van der Waals surface area contributed by atoms with Crippen LogP contribution in [0, 0.1) is 0 Å². The molecule has 0 saturated carbocycles. The predicted octanol–water partition coefficient (Wildman–Crippen LogP) is 2.11. The Labute approximate surface area is 123 Å². The third kappa shape index (κ3) is 3.90. The Hall–Kier alpha value is -2.17. The second-order valence-electron chi connectivity index (χ2n) is 4.98. The molecule has 0 heterocycles. The van der Waals surface area contributed by atoms with E-state index in [-0.39, 0.29) is 0 Å². The minimum absolute atomic E-state index is 0.426. The van der Waals surface area contributed by atoms with Crippen molar-refractivity contribution in [3.63, 3.8) is 0 Å². The maximum atomic E-state index is 10.8. The van der Waals surface area contributed by atoms with Crippen molar-refractivity contribution in [1.82, 2.24) is 0 Å². The Kier molecular flexibility index (Phi) is 4.73. The summed E-state index contributed by atoms with van der Waals surface area (Å²) in [5.41, 5.74) is 0.558. The van der Waals surface area contributed by atoms with Crippen molar-refractivity contribution in [2.75, 3.05) is 7.11 Å². The molecule has 4 nitrogen and oxygen atoms in total. The predicted molar refractivity (Wildman–Crippen MR) is 79.9 cm³/mol. The largest absolute Gasteiger partial charge is 0.478 e. The average molecular weight is 286 g/mol. The number of hydrogen-bond donors (Lipinski definition) is 2. The highest BCUT2D eigenvalue weighted by atomic mass is 16.5. The Morgan fingerprint density at radius 3 is 2.71 bits per heavy atom. The van der Waals surface area contributed by atoms with Crippen molar-refractivity contribution in [3.05, 3.63) is 71.8 Å². The van der Waals surface area contributed by atoms with E-state index in [9.17, 15) is 9.90 Å². The second kappa shape index (κ2) is 6.52. The smallest absolute Gasteiger partial charge is 0.328 e. The third-order valence-electron chi connectivity index (χ3n) is 3.40. The fourth-order valence-corrected chi connectivity index (χ4v) is 2.34. The van der Waals surface area contributed by atoms with Crippen molar-refractivity contribution in [2.45, 2.75) is 18.1 Å². The molecule has 0 aromatic heterocycles. The summed E-state index contributed by atoms with van der Waals surface area (Å²) in [6.07, 6.45) is 7.53. The Morgan fingerprint density at radius 1 is 1.38 bits per heavy atom. The van der Waals surface area contributed by atoms with Crippen LogP contribution < -0.4 is 0 Å². The van der Waals surface area contributed by atoms with E-state index < -0.39 is 17.7 Å². The lowest BCUT2D eigenvalue weighted by Gasteiger charge is -2.33. The first-order valence-electron chi connectivity index (χ1n) is 6.65. The van der Waals surface area contributed by atoms with Crippen LogP contribution in [0.25, 0.3) is 0 Å². The van der Waals surface area contributed by atoms with Crippen LogP contribution in [0.5, 0.6) is 0 Å². The van der Waals surface area contributed by atoms with Crippen LogP contribution in [-0.2, 0) is 16.0 Å². The van der Waals surface area contributed by atoms with Crippen molar-refractivity contribution >= 4 is 5.97 Å². The van der Waals surface area contributed by atoms with Gasteiger partial charge in [0.05, 0.1) is 0 Å². The van der Waals surface area contributed by atoms with Crippen LogP contribution in [0.3, 0.4) is 0 Å². The van der Waals surface area contributed by atoms with E-state index in [1.54, 1.807) is 18.2 Å². The van der Waals surface area contributed by atoms with E-state index in [4.69, 9.17) is 9.84 Å². The molecule has 0 spiro atoms. The van der Waals surface area contributed by atoms with Gasteiger partial charge in [0.15, 0.2) is 0 Å². The number of aliphatic hydroxyl groups is 1. The van der Waals surface area contributed by atoms with Gasteiger partial charge in [0.2, 0.25) is 0 Å². The van der Waals surface area contributed by atoms with E-state index in [0.717, 1.165) is 11.6 Å². The Balaban J connectivity index is 2.19. The summed E-state index contributed by atoms with van der Waals surface area (Å²) in [6.45, 7) is 0. The van der Waals surface area contributed by atoms with Gasteiger partial charge in [-0.3, -0.25) is 0 Å². The maximum absolute atomic E-state index is 10.8. The lowest BCUT2D eigenvalue weighted by atomic mass is 9.84. The first-order chi connectivity index (χ1) is 10.0. The molecule has 1 aromatic carbocycles. The molecule has 0 bridgehead atoms. The molecule has 2 N–H and O–H groups in total. The third-order valence-corrected chi connectivity index (χ3v) is 3.40. The average Bonchev–Trinajstić information content (AvgIpc) is 2.47. The van der Waals surface area contributed by atoms with Gasteiger partial charge >= 0.3 is 5.97 Å². The molecule has 0 saturated heterocycles. The molecule has 0 fully saturated rings. The molecule has 1 aliphatic carbocycles. The molecule has 1 aromatic rings. The van der Waals surface area contributed by atoms with Gasteiger partial charge in [-0.25, -0.2) is 4.79 Å². The van der Waals surface area contributed by atoms with Crippen LogP contribution in [0.2, 0.25) is 0 Å². The molecule has 4 heteroatoms. The SMILES string of the molecule is COC1C=C(/C=C/C(=O)O)C=CC1(O)Cc1ccccc1. The van der Waals surface area contributed by atoms with Gasteiger partial charge < -0.3 is 14.9 Å². The van der Waals surface area contributed by atoms with Gasteiger partial charge in [0, 0.05) is 19.6 Å². The molecule has 2 rings (SSSR count). The highest BCUT2D eigenvalue weighted by Gasteiger charge is 2.35. The van der Waals surface area contributed by atoms with Crippen molar-refractivity contribution in [1.29, 1.82) is 0 Å². The summed E-state index contributed by atoms with van der Waals surface area (Å²) in [5.74, 6) is -1.01. The number of rotatable bonds is 5. The Morgan fingerprint density at radius 2 is 2.10 bits per heavy atom. The number of carboxylic acid groups (broad SMARTS) is 1. The number of methoxy groups -OCH3 is 1. The highest BCUT2D eigenvalue weighted by molar-refractivity contribution is 5.80. The minimum Gasteiger partial charge on any atom is -0.478 e. The van der Waals surface area contributed by atoms with E-state index in [1.165, 1.54) is 13.2 Å². The molecule has 21 heavy (non-hydrogen) atoms. The minimum atomic E-state index is -1.14. The topological polar surface area (TPSA) is 66.8 Å². The highest BCUT2D eigenvalue weighted by Crippen LogP contribution is 2.28. The zero-order valence-corrected chi connectivity index (χ0v) is 11.8. The van der Waals surface area contributed by atoms with E-state index >= 15 is 0 Å². The molecule has 2 atom stereocenters. The Bertz CT molecular complexity index is 586. The first kappa shape index (κ1) is 15.2. The lowest BCUT2D eigenvalue weighted by Crippen LogP contribution is -2.44. The van der Waals surface area contributed by atoms with Gasteiger partial charge in [-0.1, -0.05) is 36.4 Å². The maximum Gasteiger partial charge on any atom is 0.328 e. The summed E-state index contributed by atoms with van der Waals surface area (Å²) in [6, 6.07) is 9.66. The van der Waals surface area contributed by atoms with Crippen molar-refractivity contribution < 1.29 is 19.7 Å². The molecule has 2 unspecified atom stereocenters. The number of benzene rings is 1. The number of hydrogen-bond acceptors (Lipinski definition) is 3. The number of aliphatic carboxylic acids is 1. The number of allylic oxidation sites excluding steroid dienone is 3. The van der Waals surface area contributed by atoms with Crippen LogP contribution >= 0.6 is 0 Å².